The van der Waals surface area contributed by atoms with Crippen molar-refractivity contribution >= 4 is 0 Å². The second-order valence-electron chi connectivity index (χ2n) is 5.08. The van der Waals surface area contributed by atoms with Crippen molar-refractivity contribution in [1.29, 1.82) is 0 Å². The van der Waals surface area contributed by atoms with Crippen LogP contribution in [0.5, 0.6) is 0 Å². The van der Waals surface area contributed by atoms with Gasteiger partial charge in [-0.1, -0.05) is 33.1 Å². The van der Waals surface area contributed by atoms with Crippen molar-refractivity contribution < 1.29 is 5.11 Å². The lowest BCUT2D eigenvalue weighted by Gasteiger charge is -2.29. The molecule has 2 heteroatoms. The van der Waals surface area contributed by atoms with Crippen LogP contribution in [0.2, 0.25) is 0 Å². The van der Waals surface area contributed by atoms with E-state index in [1.807, 2.05) is 6.92 Å². The minimum atomic E-state index is -0.110. The minimum Gasteiger partial charge on any atom is -0.393 e. The number of aliphatic hydroxyl groups is 1. The Bertz CT molecular complexity index is 161. The van der Waals surface area contributed by atoms with Crippen molar-refractivity contribution in [2.24, 2.45) is 11.8 Å². The molecule has 0 aromatic heterocycles. The van der Waals surface area contributed by atoms with E-state index in [2.05, 4.69) is 12.2 Å². The van der Waals surface area contributed by atoms with Crippen LogP contribution in [-0.4, -0.2) is 24.3 Å². The van der Waals surface area contributed by atoms with Crippen LogP contribution in [0.1, 0.15) is 52.4 Å². The quantitative estimate of drug-likeness (QED) is 0.665. The molecule has 0 amide bonds. The fraction of sp³-hybridized carbons (Fsp3) is 1.00. The SMILES string of the molecule is CCC(O)CCNCC1CCCCC1C. The predicted octanol–water partition coefficient (Wildman–Crippen LogP) is 2.56. The Morgan fingerprint density at radius 3 is 2.73 bits per heavy atom. The Hall–Kier alpha value is -0.0800. The third-order valence-corrected chi connectivity index (χ3v) is 3.82. The van der Waals surface area contributed by atoms with Crippen molar-refractivity contribution in [2.75, 3.05) is 13.1 Å². The van der Waals surface area contributed by atoms with Crippen molar-refractivity contribution in [3.8, 4) is 0 Å². The number of hydrogen-bond acceptors (Lipinski definition) is 2. The summed E-state index contributed by atoms with van der Waals surface area (Å²) in [6, 6.07) is 0. The molecule has 0 aliphatic heterocycles. The predicted molar refractivity (Wildman–Crippen MR) is 64.9 cm³/mol. The maximum absolute atomic E-state index is 9.41. The zero-order chi connectivity index (χ0) is 11.1. The highest BCUT2D eigenvalue weighted by Crippen LogP contribution is 2.28. The molecular weight excluding hydrogens is 186 g/mol. The lowest BCUT2D eigenvalue weighted by atomic mass is 9.80. The Labute approximate surface area is 94.5 Å². The summed E-state index contributed by atoms with van der Waals surface area (Å²) >= 11 is 0. The first kappa shape index (κ1) is 13.0. The number of hydrogen-bond donors (Lipinski definition) is 2. The lowest BCUT2D eigenvalue weighted by Crippen LogP contribution is -2.31. The van der Waals surface area contributed by atoms with Gasteiger partial charge in [-0.3, -0.25) is 0 Å². The van der Waals surface area contributed by atoms with Crippen LogP contribution in [0.15, 0.2) is 0 Å². The van der Waals surface area contributed by atoms with Crippen LogP contribution in [-0.2, 0) is 0 Å². The van der Waals surface area contributed by atoms with Gasteiger partial charge in [-0.15, -0.1) is 0 Å². The van der Waals surface area contributed by atoms with Crippen LogP contribution < -0.4 is 5.32 Å². The van der Waals surface area contributed by atoms with Gasteiger partial charge >= 0.3 is 0 Å². The summed E-state index contributed by atoms with van der Waals surface area (Å²) in [5.74, 6) is 1.76. The summed E-state index contributed by atoms with van der Waals surface area (Å²) < 4.78 is 0. The first-order chi connectivity index (χ1) is 7.24. The van der Waals surface area contributed by atoms with Gasteiger partial charge in [0.1, 0.15) is 0 Å². The third kappa shape index (κ3) is 4.98. The van der Waals surface area contributed by atoms with E-state index in [4.69, 9.17) is 0 Å². The monoisotopic (exact) mass is 213 g/mol. The fourth-order valence-corrected chi connectivity index (χ4v) is 2.46. The van der Waals surface area contributed by atoms with Gasteiger partial charge < -0.3 is 10.4 Å². The summed E-state index contributed by atoms with van der Waals surface area (Å²) in [6.45, 7) is 6.54. The molecule has 0 aromatic carbocycles. The fourth-order valence-electron chi connectivity index (χ4n) is 2.46. The Kier molecular flexibility index (Phi) is 6.26. The zero-order valence-corrected chi connectivity index (χ0v) is 10.3. The lowest BCUT2D eigenvalue weighted by molar-refractivity contribution is 0.157. The van der Waals surface area contributed by atoms with Crippen molar-refractivity contribution in [2.45, 2.75) is 58.5 Å². The molecule has 3 unspecified atom stereocenters. The average molecular weight is 213 g/mol. The summed E-state index contributed by atoms with van der Waals surface area (Å²) in [6.07, 6.45) is 7.30. The summed E-state index contributed by atoms with van der Waals surface area (Å²) in [7, 11) is 0. The number of rotatable bonds is 6. The third-order valence-electron chi connectivity index (χ3n) is 3.82. The molecule has 0 radical (unpaired) electrons. The van der Waals surface area contributed by atoms with Gasteiger partial charge in [0, 0.05) is 0 Å². The second kappa shape index (κ2) is 7.24. The first-order valence-electron chi connectivity index (χ1n) is 6.62. The van der Waals surface area contributed by atoms with E-state index in [0.29, 0.717) is 0 Å². The molecule has 1 fully saturated rings. The normalized spacial score (nSPS) is 29.0. The van der Waals surface area contributed by atoms with E-state index in [9.17, 15) is 5.11 Å². The van der Waals surface area contributed by atoms with Crippen molar-refractivity contribution in [3.05, 3.63) is 0 Å². The molecule has 0 spiro atoms. The molecule has 1 rings (SSSR count). The van der Waals surface area contributed by atoms with Crippen molar-refractivity contribution in [3.63, 3.8) is 0 Å². The first-order valence-corrected chi connectivity index (χ1v) is 6.62. The van der Waals surface area contributed by atoms with Gasteiger partial charge in [0.2, 0.25) is 0 Å². The van der Waals surface area contributed by atoms with Gasteiger partial charge in [0.05, 0.1) is 6.10 Å². The number of nitrogens with one attached hydrogen (secondary N) is 1. The van der Waals surface area contributed by atoms with Crippen molar-refractivity contribution in [1.82, 2.24) is 5.32 Å². The van der Waals surface area contributed by atoms with E-state index in [-0.39, 0.29) is 6.10 Å². The summed E-state index contributed by atoms with van der Waals surface area (Å²) in [5.41, 5.74) is 0. The molecule has 2 N–H and O–H groups in total. The average Bonchev–Trinajstić information content (AvgIpc) is 2.26. The Balaban J connectivity index is 2.03. The molecule has 0 aromatic rings. The summed E-state index contributed by atoms with van der Waals surface area (Å²) in [5, 5.41) is 12.9. The second-order valence-corrected chi connectivity index (χ2v) is 5.08. The molecule has 15 heavy (non-hydrogen) atoms. The largest absolute Gasteiger partial charge is 0.393 e. The Morgan fingerprint density at radius 2 is 2.07 bits per heavy atom. The topological polar surface area (TPSA) is 32.3 Å². The summed E-state index contributed by atoms with van der Waals surface area (Å²) in [4.78, 5) is 0. The highest BCUT2D eigenvalue weighted by Gasteiger charge is 2.20. The zero-order valence-electron chi connectivity index (χ0n) is 10.3. The number of aliphatic hydroxyl groups excluding tert-OH is 1. The van der Waals surface area contributed by atoms with Crippen LogP contribution in [0.4, 0.5) is 0 Å². The minimum absolute atomic E-state index is 0.110. The highest BCUT2D eigenvalue weighted by molar-refractivity contribution is 4.74. The molecule has 0 saturated heterocycles. The van der Waals surface area contributed by atoms with Gasteiger partial charge in [-0.25, -0.2) is 0 Å². The molecule has 0 bridgehead atoms. The molecule has 2 nitrogen and oxygen atoms in total. The van der Waals surface area contributed by atoms with Gasteiger partial charge in [0.25, 0.3) is 0 Å². The standard InChI is InChI=1S/C13H27NO/c1-3-13(15)8-9-14-10-12-7-5-4-6-11(12)2/h11-15H,3-10H2,1-2H3. The van der Waals surface area contributed by atoms with Crippen LogP contribution in [0, 0.1) is 11.8 Å². The molecule has 1 aliphatic carbocycles. The maximum atomic E-state index is 9.41. The van der Waals surface area contributed by atoms with E-state index < -0.39 is 0 Å². The van der Waals surface area contributed by atoms with E-state index in [1.54, 1.807) is 0 Å². The van der Waals surface area contributed by atoms with Gasteiger partial charge in [-0.05, 0) is 44.2 Å². The van der Waals surface area contributed by atoms with Gasteiger partial charge in [-0.2, -0.15) is 0 Å². The highest BCUT2D eigenvalue weighted by atomic mass is 16.3. The molecular formula is C13H27NO. The molecule has 0 heterocycles. The van der Waals surface area contributed by atoms with Crippen LogP contribution in [0.25, 0.3) is 0 Å². The van der Waals surface area contributed by atoms with E-state index >= 15 is 0 Å². The molecule has 3 atom stereocenters. The molecule has 1 aliphatic rings. The molecule has 90 valence electrons. The van der Waals surface area contributed by atoms with E-state index in [1.165, 1.54) is 25.7 Å². The van der Waals surface area contributed by atoms with Crippen LogP contribution in [0.3, 0.4) is 0 Å². The van der Waals surface area contributed by atoms with Gasteiger partial charge in [0.15, 0.2) is 0 Å². The van der Waals surface area contributed by atoms with E-state index in [0.717, 1.165) is 37.8 Å². The smallest absolute Gasteiger partial charge is 0.0549 e. The Morgan fingerprint density at radius 1 is 1.33 bits per heavy atom. The van der Waals surface area contributed by atoms with Crippen LogP contribution >= 0.6 is 0 Å². The molecule has 1 saturated carbocycles. The maximum Gasteiger partial charge on any atom is 0.0549 e.